The first-order valence-electron chi connectivity index (χ1n) is 13.7. The van der Waals surface area contributed by atoms with E-state index in [0.717, 1.165) is 22.9 Å². The minimum Gasteiger partial charge on any atom is -0.462 e. The van der Waals surface area contributed by atoms with E-state index < -0.39 is 23.5 Å². The molecule has 0 unspecified atom stereocenters. The Labute approximate surface area is 245 Å². The molecule has 8 heteroatoms. The Balaban J connectivity index is 1.84. The second-order valence-corrected chi connectivity index (χ2v) is 10.2. The van der Waals surface area contributed by atoms with Gasteiger partial charge in [-0.3, -0.25) is 0 Å². The number of benzene rings is 2. The van der Waals surface area contributed by atoms with E-state index in [4.69, 9.17) is 18.6 Å². The Morgan fingerprint density at radius 2 is 1.26 bits per heavy atom. The molecule has 0 amide bonds. The summed E-state index contributed by atoms with van der Waals surface area (Å²) in [5.74, 6) is -1.03. The molecule has 3 rings (SSSR count). The lowest BCUT2D eigenvalue weighted by Gasteiger charge is -2.13. The van der Waals surface area contributed by atoms with E-state index in [9.17, 15) is 19.2 Å². The maximum absolute atomic E-state index is 13.0. The molecule has 220 valence electrons. The van der Waals surface area contributed by atoms with Gasteiger partial charge in [0.1, 0.15) is 11.3 Å². The molecule has 0 aliphatic rings. The highest BCUT2D eigenvalue weighted by Crippen LogP contribution is 2.27. The average Bonchev–Trinajstić information content (AvgIpc) is 2.94. The molecule has 0 bridgehead atoms. The van der Waals surface area contributed by atoms with Gasteiger partial charge in [-0.1, -0.05) is 31.9 Å². The average molecular weight is 573 g/mol. The lowest BCUT2D eigenvalue weighted by Crippen LogP contribution is -2.08. The third kappa shape index (κ3) is 8.89. The zero-order valence-electron chi connectivity index (χ0n) is 24.4. The van der Waals surface area contributed by atoms with Crippen LogP contribution in [-0.4, -0.2) is 31.1 Å². The molecule has 8 nitrogen and oxygen atoms in total. The number of esters is 3. The summed E-state index contributed by atoms with van der Waals surface area (Å²) in [6.07, 6.45) is 3.32. The van der Waals surface area contributed by atoms with Gasteiger partial charge in [-0.15, -0.1) is 0 Å². The molecule has 2 aromatic carbocycles. The molecular formula is C34H36O8. The lowest BCUT2D eigenvalue weighted by atomic mass is 9.95. The van der Waals surface area contributed by atoms with Crippen LogP contribution in [0, 0.1) is 0 Å². The normalized spacial score (nSPS) is 10.6. The monoisotopic (exact) mass is 572 g/mol. The van der Waals surface area contributed by atoms with Crippen LogP contribution in [0.3, 0.4) is 0 Å². The van der Waals surface area contributed by atoms with Crippen LogP contribution in [0.4, 0.5) is 0 Å². The van der Waals surface area contributed by atoms with E-state index in [2.05, 4.69) is 19.7 Å². The molecule has 0 radical (unpaired) electrons. The predicted octanol–water partition coefficient (Wildman–Crippen LogP) is 6.44. The maximum Gasteiger partial charge on any atom is 0.344 e. The summed E-state index contributed by atoms with van der Waals surface area (Å²) in [5.41, 5.74) is 3.96. The minimum atomic E-state index is -0.529. The second-order valence-electron chi connectivity index (χ2n) is 10.2. The van der Waals surface area contributed by atoms with Gasteiger partial charge in [0.05, 0.1) is 18.8 Å². The van der Waals surface area contributed by atoms with Crippen molar-refractivity contribution in [2.75, 3.05) is 13.2 Å². The summed E-state index contributed by atoms with van der Waals surface area (Å²) in [6.45, 7) is 16.1. The first kappa shape index (κ1) is 31.8. The summed E-state index contributed by atoms with van der Waals surface area (Å²) in [7, 11) is 0. The van der Waals surface area contributed by atoms with Crippen molar-refractivity contribution in [3.63, 3.8) is 0 Å². The third-order valence-corrected chi connectivity index (χ3v) is 6.37. The predicted molar refractivity (Wildman–Crippen MR) is 161 cm³/mol. The number of ether oxygens (including phenoxy) is 3. The van der Waals surface area contributed by atoms with Crippen molar-refractivity contribution in [2.45, 2.75) is 52.9 Å². The summed E-state index contributed by atoms with van der Waals surface area (Å²) < 4.78 is 21.4. The fraction of sp³-hybridized carbons (Fsp3) is 0.294. The highest BCUT2D eigenvalue weighted by molar-refractivity contribution is 5.89. The molecule has 3 aromatic rings. The van der Waals surface area contributed by atoms with Gasteiger partial charge in [0, 0.05) is 22.1 Å². The van der Waals surface area contributed by atoms with Crippen molar-refractivity contribution in [2.24, 2.45) is 0 Å². The summed E-state index contributed by atoms with van der Waals surface area (Å²) in [5, 5.41) is 0.746. The molecule has 1 heterocycles. The minimum absolute atomic E-state index is 0.247. The molecule has 0 aliphatic heterocycles. The topological polar surface area (TPSA) is 109 Å². The summed E-state index contributed by atoms with van der Waals surface area (Å²) >= 11 is 0. The molecule has 42 heavy (non-hydrogen) atoms. The van der Waals surface area contributed by atoms with Gasteiger partial charge in [-0.05, 0) is 99.9 Å². The quantitative estimate of drug-likeness (QED) is 0.0714. The lowest BCUT2D eigenvalue weighted by molar-refractivity contribution is -0.139. The molecule has 1 aromatic heterocycles. The number of carbonyl (C=O) groups excluding carboxylic acids is 3. The highest BCUT2D eigenvalue weighted by atomic mass is 16.5. The standard InChI is InChI=1S/C34H36O8/c1-21(2)31(35)39-16-8-7-10-26-20-30-27(18-25(26)11-9-17-40-32(36)22(3)4)19-29(34(38)42-30)24-12-14-28(15-13-24)41-33(37)23(5)6/h12-15,18-20H,1,3,5,7-11,16-17H2,2,4,6H3. The SMILES string of the molecule is C=C(C)C(=O)OCCCCc1cc2oc(=O)c(-c3ccc(OC(=O)C(=C)C)cc3)cc2cc1CCCOC(=O)C(=C)C. The number of hydrogen-bond donors (Lipinski definition) is 0. The van der Waals surface area contributed by atoms with Crippen LogP contribution >= 0.6 is 0 Å². The van der Waals surface area contributed by atoms with Crippen molar-refractivity contribution in [3.05, 3.63) is 100 Å². The van der Waals surface area contributed by atoms with Crippen LogP contribution in [0.25, 0.3) is 22.1 Å². The smallest absolute Gasteiger partial charge is 0.344 e. The first-order chi connectivity index (χ1) is 20.0. The summed E-state index contributed by atoms with van der Waals surface area (Å²) in [4.78, 5) is 48.1. The van der Waals surface area contributed by atoms with E-state index in [1.807, 2.05) is 12.1 Å². The van der Waals surface area contributed by atoms with E-state index in [-0.39, 0.29) is 18.8 Å². The Bertz CT molecular complexity index is 1570. The number of unbranched alkanes of at least 4 members (excludes halogenated alkanes) is 1. The van der Waals surface area contributed by atoms with E-state index in [1.54, 1.807) is 51.1 Å². The van der Waals surface area contributed by atoms with Crippen LogP contribution in [-0.2, 0) is 36.7 Å². The number of aryl methyl sites for hydroxylation is 2. The van der Waals surface area contributed by atoms with E-state index in [1.165, 1.54) is 0 Å². The largest absolute Gasteiger partial charge is 0.462 e. The zero-order chi connectivity index (χ0) is 30.8. The van der Waals surface area contributed by atoms with Crippen LogP contribution in [0.15, 0.2) is 88.1 Å². The number of carbonyl (C=O) groups is 3. The fourth-order valence-electron chi connectivity index (χ4n) is 4.08. The van der Waals surface area contributed by atoms with Gasteiger partial charge in [0.25, 0.3) is 0 Å². The van der Waals surface area contributed by atoms with Gasteiger partial charge in [-0.25, -0.2) is 19.2 Å². The van der Waals surface area contributed by atoms with Crippen molar-refractivity contribution < 1.29 is 33.0 Å². The van der Waals surface area contributed by atoms with Gasteiger partial charge in [0.15, 0.2) is 0 Å². The van der Waals surface area contributed by atoms with Crippen LogP contribution in [0.5, 0.6) is 5.75 Å². The van der Waals surface area contributed by atoms with Crippen molar-refractivity contribution in [3.8, 4) is 16.9 Å². The van der Waals surface area contributed by atoms with E-state index >= 15 is 0 Å². The van der Waals surface area contributed by atoms with Crippen molar-refractivity contribution in [1.82, 2.24) is 0 Å². The first-order valence-corrected chi connectivity index (χ1v) is 13.7. The second kappa shape index (κ2) is 14.8. The van der Waals surface area contributed by atoms with Gasteiger partial charge in [0.2, 0.25) is 0 Å². The molecule has 0 spiro atoms. The van der Waals surface area contributed by atoms with E-state index in [0.29, 0.717) is 59.3 Å². The summed E-state index contributed by atoms with van der Waals surface area (Å²) in [6, 6.07) is 12.2. The van der Waals surface area contributed by atoms with Crippen LogP contribution in [0.2, 0.25) is 0 Å². The molecule has 0 saturated carbocycles. The number of fused-ring (bicyclic) bond motifs is 1. The maximum atomic E-state index is 13.0. The van der Waals surface area contributed by atoms with Gasteiger partial charge < -0.3 is 18.6 Å². The molecule has 0 saturated heterocycles. The molecule has 0 N–H and O–H groups in total. The Morgan fingerprint density at radius 1 is 0.714 bits per heavy atom. The van der Waals surface area contributed by atoms with Gasteiger partial charge >= 0.3 is 23.5 Å². The number of rotatable bonds is 14. The van der Waals surface area contributed by atoms with Crippen LogP contribution in [0.1, 0.15) is 51.2 Å². The zero-order valence-corrected chi connectivity index (χ0v) is 24.4. The Morgan fingerprint density at radius 3 is 1.86 bits per heavy atom. The van der Waals surface area contributed by atoms with Crippen molar-refractivity contribution in [1.29, 1.82) is 0 Å². The Kier molecular flexibility index (Phi) is 11.2. The van der Waals surface area contributed by atoms with Crippen LogP contribution < -0.4 is 10.4 Å². The highest BCUT2D eigenvalue weighted by Gasteiger charge is 2.14. The number of hydrogen-bond acceptors (Lipinski definition) is 8. The molecule has 0 atom stereocenters. The molecular weight excluding hydrogens is 536 g/mol. The van der Waals surface area contributed by atoms with Crippen molar-refractivity contribution >= 4 is 28.9 Å². The van der Waals surface area contributed by atoms with Gasteiger partial charge in [-0.2, -0.15) is 0 Å². The molecule has 0 fully saturated rings. The fourth-order valence-corrected chi connectivity index (χ4v) is 4.08. The Hall–Kier alpha value is -4.72. The molecule has 0 aliphatic carbocycles. The third-order valence-electron chi connectivity index (χ3n) is 6.37.